The van der Waals surface area contributed by atoms with Gasteiger partial charge < -0.3 is 4.57 Å². The Labute approximate surface area is 135 Å². The molecule has 1 atom stereocenters. The number of unbranched alkanes of at least 4 members (excludes halogenated alkanes) is 2. The van der Waals surface area contributed by atoms with Crippen LogP contribution in [0, 0.1) is 5.92 Å². The molecule has 128 valence electrons. The third-order valence-electron chi connectivity index (χ3n) is 3.49. The number of anilines is 1. The van der Waals surface area contributed by atoms with E-state index >= 15 is 0 Å². The number of rotatable bonds is 10. The minimum Gasteiger partial charge on any atom is -0.318 e. The van der Waals surface area contributed by atoms with Crippen LogP contribution in [-0.4, -0.2) is 33.7 Å². The van der Waals surface area contributed by atoms with Crippen LogP contribution < -0.4 is 16.4 Å². The van der Waals surface area contributed by atoms with E-state index < -0.39 is 5.92 Å². The molecule has 0 bridgehead atoms. The van der Waals surface area contributed by atoms with Gasteiger partial charge in [-0.15, -0.1) is 0 Å². The van der Waals surface area contributed by atoms with E-state index in [1.807, 2.05) is 0 Å². The van der Waals surface area contributed by atoms with Gasteiger partial charge in [0.05, 0.1) is 18.2 Å². The topological polar surface area (TPSA) is 104 Å². The molecule has 0 spiro atoms. The van der Waals surface area contributed by atoms with Crippen molar-refractivity contribution < 1.29 is 14.8 Å². The Kier molecular flexibility index (Phi) is 7.82. The lowest BCUT2D eigenvalue weighted by Gasteiger charge is -2.20. The van der Waals surface area contributed by atoms with Crippen molar-refractivity contribution in [3.63, 3.8) is 0 Å². The number of aryl methyl sites for hydroxylation is 1. The third-order valence-corrected chi connectivity index (χ3v) is 3.49. The summed E-state index contributed by atoms with van der Waals surface area (Å²) in [6.45, 7) is 1.98. The third kappa shape index (κ3) is 6.52. The molecule has 8 nitrogen and oxygen atoms in total. The molecule has 0 aliphatic carbocycles. The van der Waals surface area contributed by atoms with Gasteiger partial charge in [0.2, 0.25) is 12.3 Å². The zero-order valence-electron chi connectivity index (χ0n) is 13.5. The average Bonchev–Trinajstić information content (AvgIpc) is 2.54. The van der Waals surface area contributed by atoms with E-state index in [2.05, 4.69) is 17.8 Å². The molecule has 0 saturated carbocycles. The van der Waals surface area contributed by atoms with Crippen molar-refractivity contribution in [1.82, 2.24) is 15.1 Å². The molecule has 1 rings (SSSR count). The van der Waals surface area contributed by atoms with Gasteiger partial charge in [-0.1, -0.05) is 26.2 Å². The van der Waals surface area contributed by atoms with Gasteiger partial charge in [0.1, 0.15) is 0 Å². The van der Waals surface area contributed by atoms with E-state index in [1.165, 1.54) is 10.6 Å². The summed E-state index contributed by atoms with van der Waals surface area (Å²) in [7, 11) is 1.63. The Morgan fingerprint density at radius 3 is 2.83 bits per heavy atom. The molecular weight excluding hydrogens is 300 g/mol. The van der Waals surface area contributed by atoms with E-state index in [9.17, 15) is 19.6 Å². The molecule has 0 fully saturated rings. The molecule has 1 aromatic rings. The zero-order chi connectivity index (χ0) is 17.2. The summed E-state index contributed by atoms with van der Waals surface area (Å²) in [5.41, 5.74) is 5.44. The number of nitrogens with one attached hydrogen (secondary N) is 2. The van der Waals surface area contributed by atoms with Crippen LogP contribution in [0.2, 0.25) is 0 Å². The normalized spacial score (nSPS) is 11.6. The summed E-state index contributed by atoms with van der Waals surface area (Å²) in [4.78, 5) is 34.2. The molecule has 0 saturated heterocycles. The number of hydrazine groups is 1. The maximum absolute atomic E-state index is 12.2. The molecule has 0 aromatic carbocycles. The molecule has 23 heavy (non-hydrogen) atoms. The molecular formula is C15H24N4O4. The van der Waals surface area contributed by atoms with Crippen molar-refractivity contribution in [2.24, 2.45) is 13.0 Å². The second-order valence-corrected chi connectivity index (χ2v) is 5.40. The molecule has 0 unspecified atom stereocenters. The molecule has 8 heteroatoms. The first-order valence-electron chi connectivity index (χ1n) is 7.61. The first kappa shape index (κ1) is 18.7. The van der Waals surface area contributed by atoms with Crippen LogP contribution in [0.5, 0.6) is 0 Å². The fourth-order valence-electron chi connectivity index (χ4n) is 2.08. The van der Waals surface area contributed by atoms with Crippen LogP contribution in [-0.2, 0) is 16.6 Å². The first-order valence-corrected chi connectivity index (χ1v) is 7.61. The van der Waals surface area contributed by atoms with Crippen LogP contribution in [0.4, 0.5) is 5.69 Å². The minimum absolute atomic E-state index is 0.0721. The van der Waals surface area contributed by atoms with E-state index in [0.717, 1.165) is 19.3 Å². The lowest BCUT2D eigenvalue weighted by Crippen LogP contribution is -2.40. The summed E-state index contributed by atoms with van der Waals surface area (Å²) in [5.74, 6) is -0.876. The molecule has 0 aliphatic rings. The van der Waals surface area contributed by atoms with E-state index in [1.54, 1.807) is 19.3 Å². The number of carbonyl (C=O) groups excluding carboxylic acids is 2. The number of pyridine rings is 1. The van der Waals surface area contributed by atoms with Gasteiger partial charge in [0, 0.05) is 19.3 Å². The minimum atomic E-state index is -0.532. The van der Waals surface area contributed by atoms with Crippen LogP contribution >= 0.6 is 0 Å². The molecule has 1 aromatic heterocycles. The second kappa shape index (κ2) is 9.62. The first-order chi connectivity index (χ1) is 11.0. The summed E-state index contributed by atoms with van der Waals surface area (Å²) >= 11 is 0. The van der Waals surface area contributed by atoms with Gasteiger partial charge in [0.15, 0.2) is 0 Å². The van der Waals surface area contributed by atoms with E-state index in [4.69, 9.17) is 0 Å². The number of aromatic nitrogens is 1. The van der Waals surface area contributed by atoms with Crippen LogP contribution in [0.25, 0.3) is 0 Å². The lowest BCUT2D eigenvalue weighted by molar-refractivity contribution is -0.154. The van der Waals surface area contributed by atoms with Gasteiger partial charge in [-0.25, -0.2) is 5.06 Å². The Bertz CT molecular complexity index is 573. The van der Waals surface area contributed by atoms with E-state index in [0.29, 0.717) is 17.2 Å². The van der Waals surface area contributed by atoms with Gasteiger partial charge in [-0.2, -0.15) is 0 Å². The molecule has 0 aliphatic heterocycles. The van der Waals surface area contributed by atoms with Crippen molar-refractivity contribution >= 4 is 18.0 Å². The summed E-state index contributed by atoms with van der Waals surface area (Å²) in [6, 6.07) is 3.01. The largest absolute Gasteiger partial charge is 0.318 e. The van der Waals surface area contributed by atoms with Crippen molar-refractivity contribution in [2.75, 3.05) is 12.0 Å². The summed E-state index contributed by atoms with van der Waals surface area (Å²) < 4.78 is 1.41. The Morgan fingerprint density at radius 2 is 2.22 bits per heavy atom. The number of carbonyl (C=O) groups is 2. The van der Waals surface area contributed by atoms with Crippen LogP contribution in [0.1, 0.15) is 32.6 Å². The highest BCUT2D eigenvalue weighted by molar-refractivity contribution is 5.80. The highest BCUT2D eigenvalue weighted by atomic mass is 16.5. The van der Waals surface area contributed by atoms with Gasteiger partial charge in [-0.3, -0.25) is 30.4 Å². The number of hydrogen-bond donors (Lipinski definition) is 3. The molecule has 2 amide bonds. The van der Waals surface area contributed by atoms with E-state index in [-0.39, 0.29) is 24.4 Å². The quantitative estimate of drug-likeness (QED) is 0.256. The van der Waals surface area contributed by atoms with Crippen molar-refractivity contribution in [3.8, 4) is 0 Å². The van der Waals surface area contributed by atoms with Gasteiger partial charge in [-0.05, 0) is 12.5 Å². The Balaban J connectivity index is 2.61. The van der Waals surface area contributed by atoms with Crippen LogP contribution in [0.3, 0.4) is 0 Å². The number of hydrogen-bond acceptors (Lipinski definition) is 5. The standard InChI is InChI=1S/C15H24N4O4/c1-3-4-5-6-12(10-19(23)11-20)15(22)17-16-13-7-8-18(2)14(21)9-13/h7-9,11-12,16,23H,3-6,10H2,1-2H3,(H,17,22)/t12-/m0/s1. The van der Waals surface area contributed by atoms with Crippen molar-refractivity contribution in [1.29, 1.82) is 0 Å². The lowest BCUT2D eigenvalue weighted by atomic mass is 10.0. The highest BCUT2D eigenvalue weighted by Gasteiger charge is 2.20. The van der Waals surface area contributed by atoms with Crippen molar-refractivity contribution in [2.45, 2.75) is 32.6 Å². The van der Waals surface area contributed by atoms with Gasteiger partial charge in [0.25, 0.3) is 5.56 Å². The Hall–Kier alpha value is -2.35. The summed E-state index contributed by atoms with van der Waals surface area (Å²) in [5, 5.41) is 9.77. The van der Waals surface area contributed by atoms with Crippen molar-refractivity contribution in [3.05, 3.63) is 28.7 Å². The number of nitrogens with zero attached hydrogens (tertiary/aromatic N) is 2. The van der Waals surface area contributed by atoms with Crippen LogP contribution in [0.15, 0.2) is 23.1 Å². The number of amides is 2. The smallest absolute Gasteiger partial charge is 0.252 e. The average molecular weight is 324 g/mol. The fraction of sp³-hybridized carbons (Fsp3) is 0.533. The zero-order valence-corrected chi connectivity index (χ0v) is 13.5. The molecule has 1 heterocycles. The van der Waals surface area contributed by atoms with Gasteiger partial charge >= 0.3 is 0 Å². The highest BCUT2D eigenvalue weighted by Crippen LogP contribution is 2.11. The fourth-order valence-corrected chi connectivity index (χ4v) is 2.08. The monoisotopic (exact) mass is 324 g/mol. The SMILES string of the molecule is CCCCC[C@@H](CN(O)C=O)C(=O)NNc1ccn(C)c(=O)c1. The predicted octanol–water partition coefficient (Wildman–Crippen LogP) is 0.873. The predicted molar refractivity (Wildman–Crippen MR) is 85.6 cm³/mol. The second-order valence-electron chi connectivity index (χ2n) is 5.40. The maximum Gasteiger partial charge on any atom is 0.252 e. The molecule has 0 radical (unpaired) electrons. The summed E-state index contributed by atoms with van der Waals surface area (Å²) in [6.07, 6.45) is 5.22. The maximum atomic E-state index is 12.2. The molecule has 3 N–H and O–H groups in total. The number of hydroxylamine groups is 2. The Morgan fingerprint density at radius 1 is 1.48 bits per heavy atom.